The second-order valence-corrected chi connectivity index (χ2v) is 11.4. The van der Waals surface area contributed by atoms with E-state index in [0.29, 0.717) is 5.56 Å². The maximum Gasteiger partial charge on any atom is 0.255 e. The fourth-order valence-corrected chi connectivity index (χ4v) is 4.89. The molecule has 2 rings (SSSR count). The molecule has 0 atom stereocenters. The molecule has 1 amide bonds. The minimum Gasteiger partial charge on any atom is -0.321 e. The smallest absolute Gasteiger partial charge is 0.255 e. The first-order valence-electron chi connectivity index (χ1n) is 8.48. The zero-order valence-electron chi connectivity index (χ0n) is 16.2. The van der Waals surface area contributed by atoms with Crippen LogP contribution in [0, 0.1) is 0 Å². The highest BCUT2D eigenvalue weighted by Crippen LogP contribution is 2.23. The summed E-state index contributed by atoms with van der Waals surface area (Å²) in [6.45, 7) is 5.18. The first-order chi connectivity index (χ1) is 12.8. The molecule has 2 N–H and O–H groups in total. The van der Waals surface area contributed by atoms with Crippen molar-refractivity contribution in [2.75, 3.05) is 11.6 Å². The number of carbonyl (C=O) groups is 1. The predicted octanol–water partition coefficient (Wildman–Crippen LogP) is 2.56. The van der Waals surface area contributed by atoms with E-state index < -0.39 is 31.3 Å². The molecule has 0 saturated heterocycles. The average molecular weight is 425 g/mol. The summed E-state index contributed by atoms with van der Waals surface area (Å²) >= 11 is 0. The van der Waals surface area contributed by atoms with E-state index in [2.05, 4.69) is 10.0 Å². The van der Waals surface area contributed by atoms with Gasteiger partial charge in [-0.3, -0.25) is 4.79 Å². The van der Waals surface area contributed by atoms with Crippen LogP contribution in [0.4, 0.5) is 5.69 Å². The summed E-state index contributed by atoms with van der Waals surface area (Å²) in [7, 11) is -7.00. The van der Waals surface area contributed by atoms with Crippen LogP contribution in [0.1, 0.15) is 36.7 Å². The third-order valence-corrected chi connectivity index (χ3v) is 6.18. The number of anilines is 1. The maximum atomic E-state index is 12.6. The molecule has 2 aromatic carbocycles. The Morgan fingerprint density at radius 2 is 1.50 bits per heavy atom. The topological polar surface area (TPSA) is 109 Å². The van der Waals surface area contributed by atoms with Crippen molar-refractivity contribution in [3.05, 3.63) is 59.7 Å². The van der Waals surface area contributed by atoms with E-state index in [0.717, 1.165) is 6.26 Å². The highest BCUT2D eigenvalue weighted by Gasteiger charge is 2.25. The number of sulfone groups is 1. The van der Waals surface area contributed by atoms with Gasteiger partial charge in [-0.15, -0.1) is 0 Å². The van der Waals surface area contributed by atoms with Gasteiger partial charge in [0.15, 0.2) is 9.84 Å². The molecule has 0 spiro atoms. The number of sulfonamides is 1. The standard InChI is InChI=1S/C19H24N2O5S2/c1-19(2,3)21-28(25,26)17-8-6-5-7-16(17)20-18(22)15-11-9-14(10-12-15)13-27(4,23)24/h5-12,21H,13H2,1-4H3,(H,20,22). The number of benzene rings is 2. The van der Waals surface area contributed by atoms with Crippen LogP contribution in [-0.2, 0) is 25.6 Å². The average Bonchev–Trinajstić information content (AvgIpc) is 2.52. The number of amides is 1. The minimum absolute atomic E-state index is 0.0352. The molecule has 0 radical (unpaired) electrons. The lowest BCUT2D eigenvalue weighted by Gasteiger charge is -2.21. The Morgan fingerprint density at radius 3 is 2.04 bits per heavy atom. The van der Waals surface area contributed by atoms with Gasteiger partial charge in [-0.2, -0.15) is 0 Å². The molecule has 0 aliphatic carbocycles. The number of para-hydroxylation sites is 1. The van der Waals surface area contributed by atoms with Crippen LogP contribution in [0.2, 0.25) is 0 Å². The van der Waals surface area contributed by atoms with Crippen LogP contribution in [0.5, 0.6) is 0 Å². The highest BCUT2D eigenvalue weighted by atomic mass is 32.2. The molecule has 0 aliphatic rings. The van der Waals surface area contributed by atoms with Gasteiger partial charge in [-0.25, -0.2) is 21.6 Å². The van der Waals surface area contributed by atoms with Crippen LogP contribution in [0.25, 0.3) is 0 Å². The van der Waals surface area contributed by atoms with E-state index >= 15 is 0 Å². The van der Waals surface area contributed by atoms with Gasteiger partial charge in [0, 0.05) is 17.4 Å². The van der Waals surface area contributed by atoms with Crippen LogP contribution >= 0.6 is 0 Å². The highest BCUT2D eigenvalue weighted by molar-refractivity contribution is 7.90. The van der Waals surface area contributed by atoms with Crippen molar-refractivity contribution in [3.63, 3.8) is 0 Å². The van der Waals surface area contributed by atoms with Crippen molar-refractivity contribution in [1.29, 1.82) is 0 Å². The Kier molecular flexibility index (Phi) is 6.32. The van der Waals surface area contributed by atoms with Crippen molar-refractivity contribution in [1.82, 2.24) is 4.72 Å². The maximum absolute atomic E-state index is 12.6. The van der Waals surface area contributed by atoms with Crippen molar-refractivity contribution < 1.29 is 21.6 Å². The summed E-state index contributed by atoms with van der Waals surface area (Å²) in [5, 5.41) is 2.61. The zero-order valence-corrected chi connectivity index (χ0v) is 17.8. The van der Waals surface area contributed by atoms with Crippen molar-refractivity contribution in [2.24, 2.45) is 0 Å². The first-order valence-corrected chi connectivity index (χ1v) is 12.0. The fraction of sp³-hybridized carbons (Fsp3) is 0.316. The Hall–Kier alpha value is -2.23. The molecule has 28 heavy (non-hydrogen) atoms. The van der Waals surface area contributed by atoms with Gasteiger partial charge in [0.1, 0.15) is 4.90 Å². The molecule has 0 aromatic heterocycles. The summed E-state index contributed by atoms with van der Waals surface area (Å²) in [4.78, 5) is 12.5. The van der Waals surface area contributed by atoms with Crippen LogP contribution in [0.15, 0.2) is 53.4 Å². The summed E-state index contributed by atoms with van der Waals surface area (Å²) in [5.41, 5.74) is 0.333. The molecule has 0 unspecified atom stereocenters. The fourth-order valence-electron chi connectivity index (χ4n) is 2.51. The zero-order chi connectivity index (χ0) is 21.2. The number of hydrogen-bond donors (Lipinski definition) is 2. The van der Waals surface area contributed by atoms with Gasteiger partial charge in [0.25, 0.3) is 5.91 Å². The Morgan fingerprint density at radius 1 is 0.929 bits per heavy atom. The molecule has 0 aliphatic heterocycles. The second kappa shape index (κ2) is 8.02. The van der Waals surface area contributed by atoms with Gasteiger partial charge < -0.3 is 5.32 Å². The van der Waals surface area contributed by atoms with Crippen molar-refractivity contribution >= 4 is 31.5 Å². The van der Waals surface area contributed by atoms with Gasteiger partial charge in [-0.1, -0.05) is 24.3 Å². The van der Waals surface area contributed by atoms with Gasteiger partial charge >= 0.3 is 0 Å². The predicted molar refractivity (Wildman–Crippen MR) is 109 cm³/mol. The Balaban J connectivity index is 2.26. The minimum atomic E-state index is -3.83. The van der Waals surface area contributed by atoms with E-state index in [9.17, 15) is 21.6 Å². The molecule has 0 fully saturated rings. The molecule has 9 heteroatoms. The number of nitrogens with one attached hydrogen (secondary N) is 2. The lowest BCUT2D eigenvalue weighted by molar-refractivity contribution is 0.102. The number of rotatable bonds is 6. The lowest BCUT2D eigenvalue weighted by Crippen LogP contribution is -2.40. The summed E-state index contributed by atoms with van der Waals surface area (Å²) in [6, 6.07) is 12.2. The van der Waals surface area contributed by atoms with E-state index in [4.69, 9.17) is 0 Å². The molecule has 0 bridgehead atoms. The lowest BCUT2D eigenvalue weighted by atomic mass is 10.1. The van der Waals surface area contributed by atoms with Crippen LogP contribution < -0.4 is 10.0 Å². The Labute approximate surface area is 166 Å². The largest absolute Gasteiger partial charge is 0.321 e. The molecular weight excluding hydrogens is 400 g/mol. The number of carbonyl (C=O) groups excluding carboxylic acids is 1. The van der Waals surface area contributed by atoms with E-state index in [1.165, 1.54) is 24.3 Å². The molecule has 152 valence electrons. The third kappa shape index (κ3) is 6.43. The molecular formula is C19H24N2O5S2. The summed E-state index contributed by atoms with van der Waals surface area (Å²) < 4.78 is 50.5. The van der Waals surface area contributed by atoms with Gasteiger partial charge in [0.2, 0.25) is 10.0 Å². The molecule has 0 saturated carbocycles. The van der Waals surface area contributed by atoms with E-state index in [1.54, 1.807) is 45.0 Å². The van der Waals surface area contributed by atoms with Gasteiger partial charge in [-0.05, 0) is 50.6 Å². The Bertz CT molecular complexity index is 1070. The van der Waals surface area contributed by atoms with Crippen molar-refractivity contribution in [2.45, 2.75) is 37.0 Å². The van der Waals surface area contributed by atoms with Crippen LogP contribution in [0.3, 0.4) is 0 Å². The monoisotopic (exact) mass is 424 g/mol. The normalized spacial score (nSPS) is 12.6. The quantitative estimate of drug-likeness (QED) is 0.741. The second-order valence-electron chi connectivity index (χ2n) is 7.57. The number of hydrogen-bond acceptors (Lipinski definition) is 5. The van der Waals surface area contributed by atoms with Gasteiger partial charge in [0.05, 0.1) is 11.4 Å². The first kappa shape index (κ1) is 22.1. The molecule has 2 aromatic rings. The summed E-state index contributed by atoms with van der Waals surface area (Å²) in [5.74, 6) is -0.613. The van der Waals surface area contributed by atoms with E-state index in [1.807, 2.05) is 0 Å². The SMILES string of the molecule is CC(C)(C)NS(=O)(=O)c1ccccc1NC(=O)c1ccc(CS(C)(=O)=O)cc1. The third-order valence-electron chi connectivity index (χ3n) is 3.51. The van der Waals surface area contributed by atoms with Crippen molar-refractivity contribution in [3.8, 4) is 0 Å². The van der Waals surface area contributed by atoms with Crippen LogP contribution in [-0.4, -0.2) is 34.5 Å². The van der Waals surface area contributed by atoms with E-state index in [-0.39, 0.29) is 21.9 Å². The molecule has 0 heterocycles. The summed E-state index contributed by atoms with van der Waals surface area (Å²) in [6.07, 6.45) is 1.14. The molecule has 7 nitrogen and oxygen atoms in total.